The number of carboxylic acids is 1. The van der Waals surface area contributed by atoms with Crippen molar-refractivity contribution in [3.8, 4) is 5.75 Å². The van der Waals surface area contributed by atoms with Gasteiger partial charge in [0.25, 0.3) is 5.91 Å². The third-order valence-electron chi connectivity index (χ3n) is 2.61. The third kappa shape index (κ3) is 2.74. The fourth-order valence-corrected chi connectivity index (χ4v) is 1.66. The SMILES string of the molecule is O=C(Nc1ccc(F)cc1C(=O)O)c1ccccc1O. The van der Waals surface area contributed by atoms with Gasteiger partial charge in [0.1, 0.15) is 11.6 Å². The van der Waals surface area contributed by atoms with Gasteiger partial charge >= 0.3 is 5.97 Å². The summed E-state index contributed by atoms with van der Waals surface area (Å²) >= 11 is 0. The highest BCUT2D eigenvalue weighted by Gasteiger charge is 2.16. The Morgan fingerprint density at radius 3 is 2.40 bits per heavy atom. The molecule has 0 saturated heterocycles. The second kappa shape index (κ2) is 5.40. The Morgan fingerprint density at radius 1 is 1.05 bits per heavy atom. The second-order valence-corrected chi connectivity index (χ2v) is 3.97. The van der Waals surface area contributed by atoms with Gasteiger partial charge in [0, 0.05) is 0 Å². The minimum absolute atomic E-state index is 0.00633. The van der Waals surface area contributed by atoms with Crippen LogP contribution in [0.4, 0.5) is 10.1 Å². The van der Waals surface area contributed by atoms with Gasteiger partial charge in [-0.3, -0.25) is 4.79 Å². The van der Waals surface area contributed by atoms with Crippen molar-refractivity contribution in [3.05, 3.63) is 59.4 Å². The number of hydrogen-bond donors (Lipinski definition) is 3. The molecule has 0 aliphatic heterocycles. The first kappa shape index (κ1) is 13.5. The molecule has 6 heteroatoms. The van der Waals surface area contributed by atoms with E-state index >= 15 is 0 Å². The van der Waals surface area contributed by atoms with Crippen LogP contribution in [0, 0.1) is 5.82 Å². The molecule has 0 atom stereocenters. The van der Waals surface area contributed by atoms with Gasteiger partial charge in [-0.2, -0.15) is 0 Å². The van der Waals surface area contributed by atoms with E-state index in [2.05, 4.69) is 5.32 Å². The number of nitrogens with one attached hydrogen (secondary N) is 1. The molecule has 0 aliphatic carbocycles. The Hall–Kier alpha value is -2.89. The van der Waals surface area contributed by atoms with Gasteiger partial charge in [-0.25, -0.2) is 9.18 Å². The summed E-state index contributed by atoms with van der Waals surface area (Å²) in [5.41, 5.74) is -0.422. The lowest BCUT2D eigenvalue weighted by Gasteiger charge is -2.09. The molecule has 2 aromatic carbocycles. The van der Waals surface area contributed by atoms with Crippen molar-refractivity contribution in [1.82, 2.24) is 0 Å². The van der Waals surface area contributed by atoms with E-state index in [1.54, 1.807) is 12.1 Å². The smallest absolute Gasteiger partial charge is 0.337 e. The number of para-hydroxylation sites is 1. The highest BCUT2D eigenvalue weighted by molar-refractivity contribution is 6.09. The number of benzene rings is 2. The van der Waals surface area contributed by atoms with Gasteiger partial charge in [-0.05, 0) is 30.3 Å². The minimum atomic E-state index is -1.36. The molecule has 0 aliphatic rings. The van der Waals surface area contributed by atoms with Crippen molar-refractivity contribution < 1.29 is 24.2 Å². The largest absolute Gasteiger partial charge is 0.507 e. The van der Waals surface area contributed by atoms with Gasteiger partial charge in [0.15, 0.2) is 0 Å². The molecule has 3 N–H and O–H groups in total. The van der Waals surface area contributed by atoms with E-state index in [0.717, 1.165) is 18.2 Å². The zero-order valence-electron chi connectivity index (χ0n) is 10.1. The number of hydrogen-bond acceptors (Lipinski definition) is 3. The summed E-state index contributed by atoms with van der Waals surface area (Å²) in [7, 11) is 0. The Balaban J connectivity index is 2.33. The molecule has 20 heavy (non-hydrogen) atoms. The average molecular weight is 275 g/mol. The minimum Gasteiger partial charge on any atom is -0.507 e. The molecule has 0 fully saturated rings. The quantitative estimate of drug-likeness (QED) is 0.803. The van der Waals surface area contributed by atoms with E-state index in [9.17, 15) is 19.1 Å². The number of amides is 1. The number of carbonyl (C=O) groups is 2. The van der Waals surface area contributed by atoms with E-state index in [1.165, 1.54) is 12.1 Å². The first-order valence-corrected chi connectivity index (χ1v) is 5.61. The van der Waals surface area contributed by atoms with Crippen LogP contribution >= 0.6 is 0 Å². The molecule has 0 radical (unpaired) electrons. The van der Waals surface area contributed by atoms with E-state index in [1.807, 2.05) is 0 Å². The lowest BCUT2D eigenvalue weighted by molar-refractivity contribution is 0.0697. The van der Waals surface area contributed by atoms with Crippen molar-refractivity contribution in [3.63, 3.8) is 0 Å². The molecule has 2 rings (SSSR count). The Kier molecular flexibility index (Phi) is 3.65. The van der Waals surface area contributed by atoms with Gasteiger partial charge in [0.2, 0.25) is 0 Å². The average Bonchev–Trinajstić information content (AvgIpc) is 2.41. The summed E-state index contributed by atoms with van der Waals surface area (Å²) in [6.07, 6.45) is 0. The maximum Gasteiger partial charge on any atom is 0.337 e. The molecule has 2 aromatic rings. The van der Waals surface area contributed by atoms with Crippen molar-refractivity contribution in [2.24, 2.45) is 0 Å². The number of anilines is 1. The summed E-state index contributed by atoms with van der Waals surface area (Å²) in [6, 6.07) is 8.81. The molecule has 5 nitrogen and oxygen atoms in total. The number of aromatic hydroxyl groups is 1. The number of phenols is 1. The number of carbonyl (C=O) groups excluding carboxylic acids is 1. The first-order valence-electron chi connectivity index (χ1n) is 5.61. The second-order valence-electron chi connectivity index (χ2n) is 3.97. The predicted molar refractivity (Wildman–Crippen MR) is 69.4 cm³/mol. The predicted octanol–water partition coefficient (Wildman–Crippen LogP) is 2.48. The topological polar surface area (TPSA) is 86.6 Å². The molecule has 0 spiro atoms. The number of carboxylic acid groups (broad SMARTS) is 1. The molecule has 102 valence electrons. The highest BCUT2D eigenvalue weighted by Crippen LogP contribution is 2.21. The van der Waals surface area contributed by atoms with Crippen LogP contribution in [0.2, 0.25) is 0 Å². The van der Waals surface area contributed by atoms with Crippen LogP contribution in [0.1, 0.15) is 20.7 Å². The maximum atomic E-state index is 13.0. The standard InChI is InChI=1S/C14H10FNO4/c15-8-5-6-11(10(7-8)14(19)20)16-13(18)9-3-1-2-4-12(9)17/h1-7,17H,(H,16,18)(H,19,20). The van der Waals surface area contributed by atoms with Crippen LogP contribution in [0.5, 0.6) is 5.75 Å². The summed E-state index contributed by atoms with van der Waals surface area (Å²) in [6.45, 7) is 0. The fraction of sp³-hybridized carbons (Fsp3) is 0. The summed E-state index contributed by atoms with van der Waals surface area (Å²) in [4.78, 5) is 22.9. The van der Waals surface area contributed by atoms with Crippen LogP contribution in [-0.2, 0) is 0 Å². The molecule has 1 amide bonds. The third-order valence-corrected chi connectivity index (χ3v) is 2.61. The lowest BCUT2D eigenvalue weighted by Crippen LogP contribution is -2.15. The van der Waals surface area contributed by atoms with E-state index < -0.39 is 17.7 Å². The normalized spacial score (nSPS) is 10.1. The summed E-state index contributed by atoms with van der Waals surface area (Å²) in [5, 5.41) is 20.8. The molecule has 0 saturated carbocycles. The van der Waals surface area contributed by atoms with Gasteiger partial charge in [0.05, 0.1) is 16.8 Å². The zero-order chi connectivity index (χ0) is 14.7. The van der Waals surface area contributed by atoms with Crippen LogP contribution < -0.4 is 5.32 Å². The lowest BCUT2D eigenvalue weighted by atomic mass is 10.1. The molecule has 0 aromatic heterocycles. The van der Waals surface area contributed by atoms with E-state index in [-0.39, 0.29) is 22.6 Å². The summed E-state index contributed by atoms with van der Waals surface area (Å²) < 4.78 is 13.0. The number of halogens is 1. The molecular formula is C14H10FNO4. The molecule has 0 heterocycles. The summed E-state index contributed by atoms with van der Waals surface area (Å²) in [5.74, 6) is -3.00. The van der Waals surface area contributed by atoms with Crippen LogP contribution in [0.3, 0.4) is 0 Å². The van der Waals surface area contributed by atoms with Crippen molar-refractivity contribution in [1.29, 1.82) is 0 Å². The monoisotopic (exact) mass is 275 g/mol. The van der Waals surface area contributed by atoms with Gasteiger partial charge in [-0.1, -0.05) is 12.1 Å². The fourth-order valence-electron chi connectivity index (χ4n) is 1.66. The number of rotatable bonds is 3. The Morgan fingerprint density at radius 2 is 1.75 bits per heavy atom. The number of aromatic carboxylic acids is 1. The van der Waals surface area contributed by atoms with Gasteiger partial charge in [-0.15, -0.1) is 0 Å². The van der Waals surface area contributed by atoms with Crippen molar-refractivity contribution in [2.45, 2.75) is 0 Å². The van der Waals surface area contributed by atoms with Crippen LogP contribution in [-0.4, -0.2) is 22.1 Å². The molecule has 0 bridgehead atoms. The maximum absolute atomic E-state index is 13.0. The van der Waals surface area contributed by atoms with E-state index in [4.69, 9.17) is 5.11 Å². The molecular weight excluding hydrogens is 265 g/mol. The van der Waals surface area contributed by atoms with Crippen LogP contribution in [0.25, 0.3) is 0 Å². The molecule has 0 unspecified atom stereocenters. The van der Waals surface area contributed by atoms with Crippen molar-refractivity contribution >= 4 is 17.6 Å². The Labute approximate surface area is 113 Å². The van der Waals surface area contributed by atoms with Gasteiger partial charge < -0.3 is 15.5 Å². The van der Waals surface area contributed by atoms with E-state index in [0.29, 0.717) is 0 Å². The number of phenolic OH excluding ortho intramolecular Hbond substituents is 1. The Bertz CT molecular complexity index is 685. The highest BCUT2D eigenvalue weighted by atomic mass is 19.1. The van der Waals surface area contributed by atoms with Crippen LogP contribution in [0.15, 0.2) is 42.5 Å². The zero-order valence-corrected chi connectivity index (χ0v) is 10.1. The van der Waals surface area contributed by atoms with Crippen molar-refractivity contribution in [2.75, 3.05) is 5.32 Å². The first-order chi connectivity index (χ1) is 9.49.